The Hall–Kier alpha value is -0.830. The molecule has 92 valence electrons. The highest BCUT2D eigenvalue weighted by molar-refractivity contribution is 4.95. The molecule has 1 aromatic heterocycles. The van der Waals surface area contributed by atoms with Crippen LogP contribution in [0.3, 0.4) is 0 Å². The number of aryl methyl sites for hydroxylation is 1. The maximum atomic E-state index is 5.50. The van der Waals surface area contributed by atoms with Crippen LogP contribution in [0.15, 0.2) is 10.6 Å². The molecule has 3 heteroatoms. The van der Waals surface area contributed by atoms with Crippen molar-refractivity contribution < 1.29 is 4.42 Å². The highest BCUT2D eigenvalue weighted by atomic mass is 16.4. The molecule has 0 saturated carbocycles. The summed E-state index contributed by atoms with van der Waals surface area (Å²) >= 11 is 0. The Kier molecular flexibility index (Phi) is 5.53. The number of rotatable bonds is 7. The van der Waals surface area contributed by atoms with Crippen molar-refractivity contribution in [2.24, 2.45) is 0 Å². The van der Waals surface area contributed by atoms with Crippen molar-refractivity contribution in [3.05, 3.63) is 17.8 Å². The maximum Gasteiger partial charge on any atom is 0.211 e. The summed E-state index contributed by atoms with van der Waals surface area (Å²) in [6.07, 6.45) is 6.88. The van der Waals surface area contributed by atoms with Gasteiger partial charge in [-0.3, -0.25) is 0 Å². The highest BCUT2D eigenvalue weighted by Gasteiger charge is 2.13. The molecule has 1 heterocycles. The largest absolute Gasteiger partial charge is 0.444 e. The van der Waals surface area contributed by atoms with Gasteiger partial charge in [0.1, 0.15) is 5.76 Å². The summed E-state index contributed by atoms with van der Waals surface area (Å²) in [5.41, 5.74) is 0. The van der Waals surface area contributed by atoms with Gasteiger partial charge in [-0.2, -0.15) is 0 Å². The summed E-state index contributed by atoms with van der Waals surface area (Å²) in [4.78, 5) is 4.24. The Morgan fingerprint density at radius 3 is 2.69 bits per heavy atom. The Balaban J connectivity index is 2.30. The molecule has 0 bridgehead atoms. The number of hydrogen-bond donors (Lipinski definition) is 1. The first-order chi connectivity index (χ1) is 7.63. The smallest absolute Gasteiger partial charge is 0.211 e. The average Bonchev–Trinajstić information content (AvgIpc) is 2.65. The lowest BCUT2D eigenvalue weighted by atomic mass is 10.1. The van der Waals surface area contributed by atoms with Gasteiger partial charge in [-0.1, -0.05) is 26.2 Å². The number of nitrogens with zero attached hydrogens (tertiary/aromatic N) is 1. The van der Waals surface area contributed by atoms with Crippen LogP contribution in [0.1, 0.15) is 64.1 Å². The van der Waals surface area contributed by atoms with E-state index in [1.54, 1.807) is 6.20 Å². The van der Waals surface area contributed by atoms with E-state index in [1.807, 2.05) is 6.92 Å². The molecule has 1 rings (SSSR count). The first kappa shape index (κ1) is 13.2. The summed E-state index contributed by atoms with van der Waals surface area (Å²) in [5.74, 6) is 1.67. The lowest BCUT2D eigenvalue weighted by molar-refractivity contribution is 0.365. The molecule has 0 aliphatic carbocycles. The first-order valence-electron chi connectivity index (χ1n) is 6.31. The van der Waals surface area contributed by atoms with E-state index in [0.29, 0.717) is 6.04 Å². The standard InChI is InChI=1S/C13H24N2O/c1-5-6-7-8-10(2)15-12(4)13-14-9-11(3)16-13/h9-10,12,15H,5-8H2,1-4H3. The molecule has 0 saturated heterocycles. The Morgan fingerprint density at radius 2 is 2.12 bits per heavy atom. The molecule has 0 aliphatic rings. The van der Waals surface area contributed by atoms with E-state index in [4.69, 9.17) is 4.42 Å². The summed E-state index contributed by atoms with van der Waals surface area (Å²) in [7, 11) is 0. The van der Waals surface area contributed by atoms with Gasteiger partial charge in [0.15, 0.2) is 0 Å². The van der Waals surface area contributed by atoms with E-state index in [0.717, 1.165) is 11.7 Å². The van der Waals surface area contributed by atoms with Crippen molar-refractivity contribution in [1.29, 1.82) is 0 Å². The highest BCUT2D eigenvalue weighted by Crippen LogP contribution is 2.14. The molecule has 0 radical (unpaired) electrons. The Morgan fingerprint density at radius 1 is 1.38 bits per heavy atom. The quantitative estimate of drug-likeness (QED) is 0.719. The SMILES string of the molecule is CCCCCC(C)NC(C)c1ncc(C)o1. The third-order valence-electron chi connectivity index (χ3n) is 2.78. The zero-order chi connectivity index (χ0) is 12.0. The third kappa shape index (κ3) is 4.35. The van der Waals surface area contributed by atoms with Crippen molar-refractivity contribution in [2.75, 3.05) is 0 Å². The normalized spacial score (nSPS) is 15.0. The number of hydrogen-bond acceptors (Lipinski definition) is 3. The third-order valence-corrected chi connectivity index (χ3v) is 2.78. The zero-order valence-corrected chi connectivity index (χ0v) is 10.9. The second-order valence-corrected chi connectivity index (χ2v) is 4.59. The number of aromatic nitrogens is 1. The predicted octanol–water partition coefficient (Wildman–Crippen LogP) is 3.60. The Labute approximate surface area is 98.6 Å². The van der Waals surface area contributed by atoms with Crippen molar-refractivity contribution in [3.8, 4) is 0 Å². The molecule has 0 fully saturated rings. The van der Waals surface area contributed by atoms with Gasteiger partial charge in [0.25, 0.3) is 0 Å². The van der Waals surface area contributed by atoms with Gasteiger partial charge in [-0.05, 0) is 27.2 Å². The summed E-state index contributed by atoms with van der Waals surface area (Å²) in [6, 6.07) is 0.721. The van der Waals surface area contributed by atoms with Crippen molar-refractivity contribution >= 4 is 0 Å². The molecule has 2 unspecified atom stereocenters. The van der Waals surface area contributed by atoms with Gasteiger partial charge < -0.3 is 9.73 Å². The van der Waals surface area contributed by atoms with Crippen molar-refractivity contribution in [2.45, 2.75) is 65.5 Å². The predicted molar refractivity (Wildman–Crippen MR) is 66.4 cm³/mol. The second-order valence-electron chi connectivity index (χ2n) is 4.59. The fourth-order valence-corrected chi connectivity index (χ4v) is 1.85. The maximum absolute atomic E-state index is 5.50. The van der Waals surface area contributed by atoms with E-state index in [1.165, 1.54) is 25.7 Å². The fraction of sp³-hybridized carbons (Fsp3) is 0.769. The topological polar surface area (TPSA) is 38.1 Å². The average molecular weight is 224 g/mol. The molecule has 0 amide bonds. The molecule has 16 heavy (non-hydrogen) atoms. The minimum absolute atomic E-state index is 0.199. The van der Waals surface area contributed by atoms with Gasteiger partial charge >= 0.3 is 0 Å². The van der Waals surface area contributed by atoms with E-state index in [9.17, 15) is 0 Å². The molecule has 0 aromatic carbocycles. The van der Waals surface area contributed by atoms with Gasteiger partial charge in [0.2, 0.25) is 5.89 Å². The molecular formula is C13H24N2O. The molecule has 3 nitrogen and oxygen atoms in total. The van der Waals surface area contributed by atoms with E-state index < -0.39 is 0 Å². The van der Waals surface area contributed by atoms with Crippen molar-refractivity contribution in [1.82, 2.24) is 10.3 Å². The van der Waals surface area contributed by atoms with Crippen LogP contribution in [0.25, 0.3) is 0 Å². The first-order valence-corrected chi connectivity index (χ1v) is 6.31. The number of oxazole rings is 1. The van der Waals surface area contributed by atoms with Crippen LogP contribution in [0, 0.1) is 6.92 Å². The van der Waals surface area contributed by atoms with E-state index in [-0.39, 0.29) is 6.04 Å². The molecule has 1 N–H and O–H groups in total. The summed E-state index contributed by atoms with van der Waals surface area (Å²) < 4.78 is 5.50. The second kappa shape index (κ2) is 6.69. The Bertz CT molecular complexity index is 296. The minimum atomic E-state index is 0.199. The number of nitrogens with one attached hydrogen (secondary N) is 1. The zero-order valence-electron chi connectivity index (χ0n) is 10.9. The van der Waals surface area contributed by atoms with Crippen LogP contribution in [-0.2, 0) is 0 Å². The lowest BCUT2D eigenvalue weighted by Gasteiger charge is -2.17. The van der Waals surface area contributed by atoms with Gasteiger partial charge in [0, 0.05) is 6.04 Å². The minimum Gasteiger partial charge on any atom is -0.444 e. The van der Waals surface area contributed by atoms with Crippen LogP contribution in [0.5, 0.6) is 0 Å². The van der Waals surface area contributed by atoms with Crippen LogP contribution in [0.4, 0.5) is 0 Å². The van der Waals surface area contributed by atoms with Crippen LogP contribution in [-0.4, -0.2) is 11.0 Å². The van der Waals surface area contributed by atoms with E-state index >= 15 is 0 Å². The van der Waals surface area contributed by atoms with Crippen LogP contribution >= 0.6 is 0 Å². The molecule has 0 spiro atoms. The summed E-state index contributed by atoms with van der Waals surface area (Å²) in [6.45, 7) is 8.48. The van der Waals surface area contributed by atoms with Gasteiger partial charge in [0.05, 0.1) is 12.2 Å². The molecule has 0 aliphatic heterocycles. The molecule has 2 atom stereocenters. The van der Waals surface area contributed by atoms with E-state index in [2.05, 4.69) is 31.1 Å². The number of unbranched alkanes of at least 4 members (excludes halogenated alkanes) is 2. The van der Waals surface area contributed by atoms with Gasteiger partial charge in [-0.25, -0.2) is 4.98 Å². The van der Waals surface area contributed by atoms with Crippen molar-refractivity contribution in [3.63, 3.8) is 0 Å². The summed E-state index contributed by atoms with van der Waals surface area (Å²) in [5, 5.41) is 3.51. The van der Waals surface area contributed by atoms with Crippen LogP contribution < -0.4 is 5.32 Å². The molecule has 1 aromatic rings. The molecular weight excluding hydrogens is 200 g/mol. The lowest BCUT2D eigenvalue weighted by Crippen LogP contribution is -2.29. The van der Waals surface area contributed by atoms with Gasteiger partial charge in [-0.15, -0.1) is 0 Å². The van der Waals surface area contributed by atoms with Crippen LogP contribution in [0.2, 0.25) is 0 Å². The fourth-order valence-electron chi connectivity index (χ4n) is 1.85. The monoisotopic (exact) mass is 224 g/mol.